The number of rotatable bonds is 11. The van der Waals surface area contributed by atoms with Gasteiger partial charge in [-0.1, -0.05) is 16.9 Å². The first-order valence-electron chi connectivity index (χ1n) is 14.1. The van der Waals surface area contributed by atoms with Gasteiger partial charge in [0.25, 0.3) is 0 Å². The molecule has 3 fully saturated rings. The number of urea groups is 2. The fourth-order valence-corrected chi connectivity index (χ4v) is 7.68. The zero-order valence-electron chi connectivity index (χ0n) is 26.5. The number of carbonyl (C=O) groups excluding carboxylic acids is 6. The van der Waals surface area contributed by atoms with Crippen molar-refractivity contribution in [2.75, 3.05) is 19.6 Å². The number of thioether (sulfide) groups is 1. The number of fused-ring (bicyclic) bond motifs is 1. The molecule has 0 aromatic carbocycles. The number of esters is 1. The molecule has 0 saturated carbocycles. The highest BCUT2D eigenvalue weighted by atomic mass is 35.7. The quantitative estimate of drug-likeness (QED) is 0.0789. The largest absolute Gasteiger partial charge is 0.541 e. The van der Waals surface area contributed by atoms with Gasteiger partial charge in [0.15, 0.2) is 11.5 Å². The molecule has 3 aliphatic rings. The smallest absolute Gasteiger partial charge is 0.378 e. The second-order valence-electron chi connectivity index (χ2n) is 12.3. The van der Waals surface area contributed by atoms with Crippen LogP contribution in [-0.2, 0) is 42.6 Å². The standard InChI is InChI=1S/C25H31BClN7O11S3/c1-12-28-14(10-46-12)16(30-45-24(5,6)19(37)43-23(2,3)4)15(35)9-13-17(36)32-11-25(20(38)44-26,47-18(13)32)33-7-8-34(22(33)40)29-21(39)31-48(27,41)42/h10,13,18H,7-9,11H2,1-6H3,(H2,29,31,39)/b30-16-/t13?,18-,25-/m1/s1. The highest BCUT2D eigenvalue weighted by Crippen LogP contribution is 2.53. The number of ketones is 1. The average molecular weight is 748 g/mol. The first-order valence-corrected chi connectivity index (χ1v) is 18.1. The summed E-state index contributed by atoms with van der Waals surface area (Å²) in [6.07, 6.45) is -0.402. The third-order valence-corrected chi connectivity index (χ3v) is 10.2. The Bertz CT molecular complexity index is 1680. The summed E-state index contributed by atoms with van der Waals surface area (Å²) in [4.78, 5) is 88.3. The van der Waals surface area contributed by atoms with Crippen molar-refractivity contribution in [1.29, 1.82) is 0 Å². The van der Waals surface area contributed by atoms with E-state index in [4.69, 9.17) is 28.3 Å². The van der Waals surface area contributed by atoms with E-state index >= 15 is 0 Å². The van der Waals surface area contributed by atoms with E-state index in [1.807, 2.05) is 5.43 Å². The lowest BCUT2D eigenvalue weighted by atomic mass is 9.90. The molecule has 3 atom stereocenters. The molecule has 5 amide bonds. The average Bonchev–Trinajstić information content (AvgIpc) is 3.65. The first-order chi connectivity index (χ1) is 22.1. The number of hydrogen-bond acceptors (Lipinski definition) is 15. The van der Waals surface area contributed by atoms with Crippen LogP contribution in [0.5, 0.6) is 0 Å². The van der Waals surface area contributed by atoms with Gasteiger partial charge in [-0.2, -0.15) is 8.42 Å². The molecule has 1 aromatic rings. The fraction of sp³-hybridized carbons (Fsp3) is 0.600. The van der Waals surface area contributed by atoms with Gasteiger partial charge >= 0.3 is 41.3 Å². The number of halogens is 1. The zero-order valence-corrected chi connectivity index (χ0v) is 29.7. The summed E-state index contributed by atoms with van der Waals surface area (Å²) in [6.45, 7) is 8.87. The van der Waals surface area contributed by atoms with E-state index in [9.17, 15) is 37.2 Å². The molecule has 23 heteroatoms. The maximum atomic E-state index is 13.7. The number of amides is 5. The van der Waals surface area contributed by atoms with Gasteiger partial charge in [-0.05, 0) is 41.5 Å². The van der Waals surface area contributed by atoms with E-state index in [1.54, 1.807) is 33.1 Å². The molecule has 3 aliphatic heterocycles. The molecule has 48 heavy (non-hydrogen) atoms. The normalized spacial score (nSPS) is 23.0. The molecule has 260 valence electrons. The minimum atomic E-state index is -4.46. The van der Waals surface area contributed by atoms with E-state index in [0.717, 1.165) is 21.7 Å². The molecule has 2 radical (unpaired) electrons. The number of ether oxygens (including phenoxy) is 1. The van der Waals surface area contributed by atoms with Gasteiger partial charge in [0.2, 0.25) is 16.4 Å². The molecule has 0 bridgehead atoms. The van der Waals surface area contributed by atoms with Gasteiger partial charge in [0.05, 0.1) is 29.4 Å². The van der Waals surface area contributed by atoms with E-state index in [2.05, 4.69) is 14.8 Å². The maximum Gasteiger partial charge on any atom is 0.378 e. The summed E-state index contributed by atoms with van der Waals surface area (Å²) in [6, 6.07) is -2.27. The maximum absolute atomic E-state index is 13.7. The number of nitrogens with one attached hydrogen (secondary N) is 2. The molecular formula is C25H31BClN7O11S3. The van der Waals surface area contributed by atoms with Crippen molar-refractivity contribution >= 4 is 92.5 Å². The fourth-order valence-electron chi connectivity index (χ4n) is 4.87. The summed E-state index contributed by atoms with van der Waals surface area (Å²) in [5, 5.41) is 6.11. The van der Waals surface area contributed by atoms with Crippen molar-refractivity contribution in [1.82, 2.24) is 29.9 Å². The Hall–Kier alpha value is -3.63. The lowest BCUT2D eigenvalue weighted by molar-refractivity contribution is -0.179. The number of β-lactam (4-membered cyclic amide) rings is 1. The Morgan fingerprint density at radius 2 is 1.85 bits per heavy atom. The van der Waals surface area contributed by atoms with E-state index in [1.165, 1.54) is 34.8 Å². The minimum Gasteiger partial charge on any atom is -0.541 e. The molecule has 2 N–H and O–H groups in total. The lowest BCUT2D eigenvalue weighted by Gasteiger charge is -2.40. The third-order valence-electron chi connectivity index (χ3n) is 7.06. The van der Waals surface area contributed by atoms with Crippen LogP contribution in [0.3, 0.4) is 0 Å². The van der Waals surface area contributed by atoms with Crippen LogP contribution < -0.4 is 10.1 Å². The van der Waals surface area contributed by atoms with Crippen molar-refractivity contribution in [3.8, 4) is 0 Å². The molecule has 18 nitrogen and oxygen atoms in total. The number of hydrogen-bond donors (Lipinski definition) is 2. The topological polar surface area (TPSA) is 223 Å². The van der Waals surface area contributed by atoms with Crippen LogP contribution in [-0.4, -0.2) is 119 Å². The van der Waals surface area contributed by atoms with Gasteiger partial charge in [-0.25, -0.2) is 34.5 Å². The van der Waals surface area contributed by atoms with E-state index < -0.39 is 78.7 Å². The number of Topliss-reactive ketones (excluding diaryl/α,β-unsaturated/α-hetero) is 1. The number of carbonyl (C=O) groups is 6. The van der Waals surface area contributed by atoms with Crippen molar-refractivity contribution in [3.05, 3.63) is 16.1 Å². The molecule has 4 heterocycles. The minimum absolute atomic E-state index is 0.160. The van der Waals surface area contributed by atoms with Gasteiger partial charge in [0.1, 0.15) is 11.3 Å². The summed E-state index contributed by atoms with van der Waals surface area (Å²) in [5.74, 6) is -3.95. The lowest BCUT2D eigenvalue weighted by Crippen LogP contribution is -2.60. The Balaban J connectivity index is 1.53. The summed E-state index contributed by atoms with van der Waals surface area (Å²) < 4.78 is 33.6. The van der Waals surface area contributed by atoms with Crippen LogP contribution in [0.25, 0.3) is 0 Å². The van der Waals surface area contributed by atoms with Crippen LogP contribution >= 0.6 is 33.8 Å². The second-order valence-corrected chi connectivity index (χ2v) is 17.0. The van der Waals surface area contributed by atoms with Crippen molar-refractivity contribution < 1.29 is 51.4 Å². The molecular weight excluding hydrogens is 717 g/mol. The highest BCUT2D eigenvalue weighted by Gasteiger charge is 2.66. The van der Waals surface area contributed by atoms with Crippen LogP contribution in [0, 0.1) is 12.8 Å². The Morgan fingerprint density at radius 3 is 2.42 bits per heavy atom. The van der Waals surface area contributed by atoms with E-state index in [0.29, 0.717) is 5.01 Å². The molecule has 1 aromatic heterocycles. The predicted octanol–water partition coefficient (Wildman–Crippen LogP) is 0.541. The van der Waals surface area contributed by atoms with Crippen LogP contribution in [0.1, 0.15) is 51.7 Å². The van der Waals surface area contributed by atoms with Gasteiger partial charge < -0.3 is 19.1 Å². The van der Waals surface area contributed by atoms with Crippen molar-refractivity contribution in [2.45, 2.75) is 69.4 Å². The van der Waals surface area contributed by atoms with E-state index in [-0.39, 0.29) is 31.0 Å². The number of hydrazine groups is 1. The number of oxime groups is 1. The third kappa shape index (κ3) is 7.81. The number of aromatic nitrogens is 1. The first kappa shape index (κ1) is 37.2. The number of thiazole rings is 1. The Morgan fingerprint density at radius 1 is 1.19 bits per heavy atom. The monoisotopic (exact) mass is 747 g/mol. The van der Waals surface area contributed by atoms with Crippen LogP contribution in [0.2, 0.25) is 0 Å². The predicted molar refractivity (Wildman–Crippen MR) is 170 cm³/mol. The SMILES string of the molecule is [B]OC(=O)[C@@]1(N2CCN(NC(=O)NS(=O)(=O)Cl)C2=O)CN2C(=O)C(CC(=O)/C(=N\OC(C)(C)C(=O)OC(C)(C)C)c3csc(C)n3)[C@H]2S1. The van der Waals surface area contributed by atoms with Gasteiger partial charge in [0, 0.05) is 29.0 Å². The molecule has 1 unspecified atom stereocenters. The second kappa shape index (κ2) is 13.4. The van der Waals surface area contributed by atoms with Gasteiger partial charge in [-0.3, -0.25) is 19.3 Å². The van der Waals surface area contributed by atoms with Crippen LogP contribution in [0.4, 0.5) is 9.59 Å². The zero-order chi connectivity index (χ0) is 36.0. The molecule has 3 saturated heterocycles. The van der Waals surface area contributed by atoms with Crippen molar-refractivity contribution in [2.24, 2.45) is 11.1 Å². The summed E-state index contributed by atoms with van der Waals surface area (Å²) >= 11 is 2.09. The van der Waals surface area contributed by atoms with Gasteiger partial charge in [-0.15, -0.1) is 11.3 Å². The molecule has 4 rings (SSSR count). The number of aryl methyl sites for hydroxylation is 1. The summed E-state index contributed by atoms with van der Waals surface area (Å²) in [7, 11) is 5.77. The highest BCUT2D eigenvalue weighted by molar-refractivity contribution is 8.12. The number of nitrogens with zero attached hydrogens (tertiary/aromatic N) is 5. The Kier molecular flexibility index (Phi) is 10.3. The molecule has 0 spiro atoms. The van der Waals surface area contributed by atoms with Crippen molar-refractivity contribution in [3.63, 3.8) is 0 Å². The van der Waals surface area contributed by atoms with Crippen LogP contribution in [0.15, 0.2) is 10.5 Å². The molecule has 0 aliphatic carbocycles. The Labute approximate surface area is 289 Å². The summed E-state index contributed by atoms with van der Waals surface area (Å²) in [5.41, 5.74) is -0.481.